The Morgan fingerprint density at radius 3 is 2.16 bits per heavy atom. The number of nitrogens with one attached hydrogen (secondary N) is 1. The fourth-order valence-electron chi connectivity index (χ4n) is 3.73. The van der Waals surface area contributed by atoms with Gasteiger partial charge in [-0.3, -0.25) is 4.90 Å². The smallest absolute Gasteiger partial charge is 0.318 e. The van der Waals surface area contributed by atoms with Crippen molar-refractivity contribution in [1.82, 2.24) is 9.62 Å². The number of aryl methyl sites for hydroxylation is 1. The number of para-hydroxylation sites is 1. The van der Waals surface area contributed by atoms with Crippen molar-refractivity contribution >= 4 is 21.7 Å². The first-order chi connectivity index (χ1) is 14.9. The summed E-state index contributed by atoms with van der Waals surface area (Å²) in [7, 11) is -3.67. The summed E-state index contributed by atoms with van der Waals surface area (Å²) in [6, 6.07) is 25.4. The molecule has 0 radical (unpaired) electrons. The van der Waals surface area contributed by atoms with E-state index in [0.29, 0.717) is 13.1 Å². The van der Waals surface area contributed by atoms with E-state index < -0.39 is 10.0 Å². The van der Waals surface area contributed by atoms with Crippen molar-refractivity contribution in [2.24, 2.45) is 0 Å². The van der Waals surface area contributed by atoms with E-state index in [1.54, 1.807) is 34.1 Å². The average Bonchev–Trinajstić information content (AvgIpc) is 3.09. The molecule has 1 saturated heterocycles. The van der Waals surface area contributed by atoms with Gasteiger partial charge in [0.1, 0.15) is 0 Å². The van der Waals surface area contributed by atoms with E-state index >= 15 is 0 Å². The van der Waals surface area contributed by atoms with Crippen LogP contribution in [0.3, 0.4) is 0 Å². The Balaban J connectivity index is 1.55. The molecule has 1 aliphatic rings. The van der Waals surface area contributed by atoms with Crippen LogP contribution >= 0.6 is 0 Å². The van der Waals surface area contributed by atoms with Crippen LogP contribution in [0.15, 0.2) is 89.8 Å². The number of hydrogen-bond acceptors (Lipinski definition) is 3. The molecule has 3 aromatic rings. The van der Waals surface area contributed by atoms with Crippen LogP contribution in [0.1, 0.15) is 11.1 Å². The Morgan fingerprint density at radius 2 is 1.52 bits per heavy atom. The van der Waals surface area contributed by atoms with Gasteiger partial charge in [0.2, 0.25) is 10.0 Å². The van der Waals surface area contributed by atoms with Gasteiger partial charge >= 0.3 is 6.03 Å². The van der Waals surface area contributed by atoms with E-state index in [-0.39, 0.29) is 23.5 Å². The maximum Gasteiger partial charge on any atom is 0.325 e. The quantitative estimate of drug-likeness (QED) is 0.614. The summed E-state index contributed by atoms with van der Waals surface area (Å²) in [6.45, 7) is 2.94. The van der Waals surface area contributed by atoms with Crippen LogP contribution in [-0.2, 0) is 16.6 Å². The molecule has 2 amide bonds. The summed E-state index contributed by atoms with van der Waals surface area (Å²) in [6.07, 6.45) is 0. The molecule has 1 atom stereocenters. The number of nitrogens with zero attached hydrogens (tertiary/aromatic N) is 2. The van der Waals surface area contributed by atoms with Crippen LogP contribution in [0, 0.1) is 6.92 Å². The molecule has 0 aliphatic carbocycles. The van der Waals surface area contributed by atoms with Crippen LogP contribution in [0.4, 0.5) is 10.5 Å². The largest absolute Gasteiger partial charge is 0.325 e. The number of anilines is 1. The second kappa shape index (κ2) is 8.91. The minimum atomic E-state index is -3.67. The summed E-state index contributed by atoms with van der Waals surface area (Å²) >= 11 is 0. The molecule has 1 N–H and O–H groups in total. The van der Waals surface area contributed by atoms with Crippen molar-refractivity contribution < 1.29 is 13.2 Å². The third kappa shape index (κ3) is 4.78. The van der Waals surface area contributed by atoms with Gasteiger partial charge in [0.05, 0.1) is 10.9 Å². The SMILES string of the molecule is Cc1ccc(S(=O)(=O)NCC2CN(Cc3ccccc3)C(=O)N2c2ccccc2)cc1. The fourth-order valence-corrected chi connectivity index (χ4v) is 4.80. The van der Waals surface area contributed by atoms with E-state index in [0.717, 1.165) is 16.8 Å². The van der Waals surface area contributed by atoms with Crippen molar-refractivity contribution in [3.05, 3.63) is 96.1 Å². The van der Waals surface area contributed by atoms with Crippen LogP contribution in [0.5, 0.6) is 0 Å². The second-order valence-corrected chi connectivity index (χ2v) is 9.44. The van der Waals surface area contributed by atoms with Gasteiger partial charge in [-0.15, -0.1) is 0 Å². The lowest BCUT2D eigenvalue weighted by atomic mass is 10.2. The van der Waals surface area contributed by atoms with E-state index in [1.165, 1.54) is 0 Å². The highest BCUT2D eigenvalue weighted by molar-refractivity contribution is 7.89. The molecule has 6 nitrogen and oxygen atoms in total. The van der Waals surface area contributed by atoms with E-state index in [9.17, 15) is 13.2 Å². The van der Waals surface area contributed by atoms with Gasteiger partial charge in [0, 0.05) is 25.3 Å². The molecule has 0 spiro atoms. The zero-order valence-electron chi connectivity index (χ0n) is 17.3. The number of benzene rings is 3. The van der Waals surface area contributed by atoms with Crippen LogP contribution < -0.4 is 9.62 Å². The summed E-state index contributed by atoms with van der Waals surface area (Å²) in [5.41, 5.74) is 2.78. The molecule has 31 heavy (non-hydrogen) atoms. The van der Waals surface area contributed by atoms with Crippen LogP contribution in [-0.4, -0.2) is 38.5 Å². The first-order valence-corrected chi connectivity index (χ1v) is 11.7. The van der Waals surface area contributed by atoms with Crippen LogP contribution in [0.25, 0.3) is 0 Å². The first-order valence-electron chi connectivity index (χ1n) is 10.2. The van der Waals surface area contributed by atoms with E-state index in [4.69, 9.17) is 0 Å². The zero-order chi connectivity index (χ0) is 21.8. The molecule has 1 unspecified atom stereocenters. The molecule has 3 aromatic carbocycles. The van der Waals surface area contributed by atoms with Crippen molar-refractivity contribution in [1.29, 1.82) is 0 Å². The number of carbonyl (C=O) groups is 1. The number of sulfonamides is 1. The summed E-state index contributed by atoms with van der Waals surface area (Å²) < 4.78 is 28.2. The van der Waals surface area contributed by atoms with Gasteiger partial charge in [0.25, 0.3) is 0 Å². The average molecular weight is 436 g/mol. The molecule has 0 aromatic heterocycles. The number of hydrogen-bond donors (Lipinski definition) is 1. The Kier molecular flexibility index (Phi) is 6.06. The molecule has 1 heterocycles. The fraction of sp³-hybridized carbons (Fsp3) is 0.208. The van der Waals surface area contributed by atoms with Gasteiger partial charge in [-0.05, 0) is 36.8 Å². The predicted molar refractivity (Wildman–Crippen MR) is 121 cm³/mol. The molecule has 1 aliphatic heterocycles. The third-order valence-electron chi connectivity index (χ3n) is 5.36. The van der Waals surface area contributed by atoms with Gasteiger partial charge in [-0.1, -0.05) is 66.2 Å². The van der Waals surface area contributed by atoms with Crippen molar-refractivity contribution in [2.45, 2.75) is 24.4 Å². The standard InChI is InChI=1S/C24H25N3O3S/c1-19-12-14-23(15-13-19)31(29,30)25-16-22-18-26(17-20-8-4-2-5-9-20)24(28)27(22)21-10-6-3-7-11-21/h2-15,22,25H,16-18H2,1H3. The highest BCUT2D eigenvalue weighted by Gasteiger charge is 2.38. The maximum atomic E-state index is 13.2. The van der Waals surface area contributed by atoms with Crippen molar-refractivity contribution in [3.63, 3.8) is 0 Å². The zero-order valence-corrected chi connectivity index (χ0v) is 18.1. The predicted octanol–water partition coefficient (Wildman–Crippen LogP) is 3.78. The molecular formula is C24H25N3O3S. The lowest BCUT2D eigenvalue weighted by molar-refractivity contribution is 0.218. The lowest BCUT2D eigenvalue weighted by Gasteiger charge is -2.23. The molecule has 0 bridgehead atoms. The number of urea groups is 1. The van der Waals surface area contributed by atoms with Crippen molar-refractivity contribution in [2.75, 3.05) is 18.0 Å². The normalized spacial score (nSPS) is 16.7. The molecule has 0 saturated carbocycles. The Labute approximate surface area is 183 Å². The Hall–Kier alpha value is -3.16. The lowest BCUT2D eigenvalue weighted by Crippen LogP contribution is -2.42. The molecule has 160 valence electrons. The minimum absolute atomic E-state index is 0.127. The molecule has 1 fully saturated rings. The number of amides is 2. The summed E-state index contributed by atoms with van der Waals surface area (Å²) in [4.78, 5) is 16.9. The first kappa shape index (κ1) is 21.1. The summed E-state index contributed by atoms with van der Waals surface area (Å²) in [5, 5.41) is 0. The Bertz CT molecular complexity index is 1130. The Morgan fingerprint density at radius 1 is 0.903 bits per heavy atom. The summed E-state index contributed by atoms with van der Waals surface area (Å²) in [5.74, 6) is 0. The van der Waals surface area contributed by atoms with Gasteiger partial charge in [0.15, 0.2) is 0 Å². The van der Waals surface area contributed by atoms with E-state index in [1.807, 2.05) is 67.6 Å². The van der Waals surface area contributed by atoms with Gasteiger partial charge < -0.3 is 4.90 Å². The number of carbonyl (C=O) groups excluding carboxylic acids is 1. The maximum absolute atomic E-state index is 13.2. The molecular weight excluding hydrogens is 410 g/mol. The third-order valence-corrected chi connectivity index (χ3v) is 6.80. The topological polar surface area (TPSA) is 69.7 Å². The highest BCUT2D eigenvalue weighted by atomic mass is 32.2. The number of rotatable bonds is 7. The van der Waals surface area contributed by atoms with Crippen molar-refractivity contribution in [3.8, 4) is 0 Å². The molecule has 4 rings (SSSR count). The minimum Gasteiger partial charge on any atom is -0.318 e. The van der Waals surface area contributed by atoms with Crippen LogP contribution in [0.2, 0.25) is 0 Å². The van der Waals surface area contributed by atoms with Gasteiger partial charge in [-0.2, -0.15) is 0 Å². The second-order valence-electron chi connectivity index (χ2n) is 7.67. The van der Waals surface area contributed by atoms with E-state index in [2.05, 4.69) is 4.72 Å². The monoisotopic (exact) mass is 435 g/mol. The van der Waals surface area contributed by atoms with Gasteiger partial charge in [-0.25, -0.2) is 17.9 Å². The molecule has 7 heteroatoms. The highest BCUT2D eigenvalue weighted by Crippen LogP contribution is 2.26.